The van der Waals surface area contributed by atoms with Crippen molar-refractivity contribution in [2.45, 2.75) is 46.5 Å². The Kier molecular flexibility index (Phi) is 6.51. The van der Waals surface area contributed by atoms with Gasteiger partial charge in [-0.15, -0.1) is 0 Å². The van der Waals surface area contributed by atoms with E-state index >= 15 is 0 Å². The quantitative estimate of drug-likeness (QED) is 0.731. The van der Waals surface area contributed by atoms with E-state index in [1.165, 1.54) is 51.9 Å². The second kappa shape index (κ2) is 7.94. The van der Waals surface area contributed by atoms with Crippen LogP contribution >= 0.6 is 0 Å². The summed E-state index contributed by atoms with van der Waals surface area (Å²) in [4.78, 5) is 2.74. The molecule has 1 aliphatic carbocycles. The van der Waals surface area contributed by atoms with Gasteiger partial charge in [0.2, 0.25) is 0 Å². The first-order valence-corrected chi connectivity index (χ1v) is 8.97. The molecule has 0 aromatic heterocycles. The number of nitrogens with zero attached hydrogens (tertiary/aromatic N) is 1. The number of ether oxygens (including phenoxy) is 1. The third-order valence-electron chi connectivity index (χ3n) is 5.94. The van der Waals surface area contributed by atoms with Crippen LogP contribution in [0.3, 0.4) is 0 Å². The molecule has 1 saturated heterocycles. The molecule has 0 radical (unpaired) electrons. The minimum Gasteiger partial charge on any atom is -0.383 e. The summed E-state index contributed by atoms with van der Waals surface area (Å²) in [6, 6.07) is 0. The summed E-state index contributed by atoms with van der Waals surface area (Å²) in [5.74, 6) is 2.66. The Labute approximate surface area is 131 Å². The van der Waals surface area contributed by atoms with Crippen LogP contribution in [0.1, 0.15) is 46.5 Å². The van der Waals surface area contributed by atoms with Crippen LogP contribution in [0.2, 0.25) is 0 Å². The van der Waals surface area contributed by atoms with Crippen molar-refractivity contribution in [1.82, 2.24) is 10.2 Å². The van der Waals surface area contributed by atoms with Crippen molar-refractivity contribution in [3.8, 4) is 0 Å². The van der Waals surface area contributed by atoms with Gasteiger partial charge >= 0.3 is 0 Å². The van der Waals surface area contributed by atoms with E-state index in [2.05, 4.69) is 31.0 Å². The third kappa shape index (κ3) is 4.94. The molecular formula is C18H36N2O. The fourth-order valence-corrected chi connectivity index (χ4v) is 4.15. The molecule has 2 aliphatic rings. The first-order chi connectivity index (χ1) is 10.0. The second-order valence-electron chi connectivity index (χ2n) is 8.00. The maximum Gasteiger partial charge on any atom is 0.0587 e. The van der Waals surface area contributed by atoms with Crippen LogP contribution in [0.25, 0.3) is 0 Å². The highest BCUT2D eigenvalue weighted by molar-refractivity contribution is 4.92. The zero-order valence-electron chi connectivity index (χ0n) is 14.7. The number of nitrogens with one attached hydrogen (secondary N) is 1. The number of hydrogen-bond acceptors (Lipinski definition) is 3. The predicted octanol–water partition coefficient (Wildman–Crippen LogP) is 3.01. The Balaban J connectivity index is 1.89. The highest BCUT2D eigenvalue weighted by Gasteiger charge is 2.38. The Morgan fingerprint density at radius 1 is 1.10 bits per heavy atom. The summed E-state index contributed by atoms with van der Waals surface area (Å²) < 4.78 is 5.17. The predicted molar refractivity (Wildman–Crippen MR) is 89.6 cm³/mol. The minimum atomic E-state index is 0.504. The first kappa shape index (κ1) is 17.2. The van der Waals surface area contributed by atoms with Crippen LogP contribution in [0, 0.1) is 23.2 Å². The number of rotatable bonds is 7. The van der Waals surface area contributed by atoms with Gasteiger partial charge in [0, 0.05) is 39.8 Å². The molecule has 21 heavy (non-hydrogen) atoms. The highest BCUT2D eigenvalue weighted by atomic mass is 16.5. The molecule has 0 amide bonds. The van der Waals surface area contributed by atoms with E-state index in [9.17, 15) is 0 Å². The minimum absolute atomic E-state index is 0.504. The number of likely N-dealkylation sites (tertiary alicyclic amines) is 1. The average molecular weight is 296 g/mol. The summed E-state index contributed by atoms with van der Waals surface area (Å²) in [5.41, 5.74) is 0.504. The summed E-state index contributed by atoms with van der Waals surface area (Å²) in [5, 5.41) is 3.66. The van der Waals surface area contributed by atoms with Crippen LogP contribution in [0.4, 0.5) is 0 Å². The van der Waals surface area contributed by atoms with Crippen molar-refractivity contribution in [3.05, 3.63) is 0 Å². The first-order valence-electron chi connectivity index (χ1n) is 8.97. The summed E-state index contributed by atoms with van der Waals surface area (Å²) in [6.07, 6.45) is 5.61. The second-order valence-corrected chi connectivity index (χ2v) is 8.00. The van der Waals surface area contributed by atoms with Crippen LogP contribution in [-0.4, -0.2) is 51.3 Å². The van der Waals surface area contributed by atoms with Gasteiger partial charge in [0.05, 0.1) is 6.61 Å². The highest BCUT2D eigenvalue weighted by Crippen LogP contribution is 2.40. The zero-order chi connectivity index (χ0) is 15.3. The van der Waals surface area contributed by atoms with E-state index in [1.807, 2.05) is 0 Å². The normalized spacial score (nSPS) is 38.0. The van der Waals surface area contributed by atoms with Gasteiger partial charge in [0.1, 0.15) is 0 Å². The summed E-state index contributed by atoms with van der Waals surface area (Å²) in [7, 11) is 1.78. The fourth-order valence-electron chi connectivity index (χ4n) is 4.15. The molecule has 124 valence electrons. The Bertz CT molecular complexity index is 290. The fraction of sp³-hybridized carbons (Fsp3) is 1.00. The summed E-state index contributed by atoms with van der Waals surface area (Å²) >= 11 is 0. The molecule has 1 heterocycles. The lowest BCUT2D eigenvalue weighted by atomic mass is 9.70. The molecule has 2 unspecified atom stereocenters. The molecule has 2 atom stereocenters. The van der Waals surface area contributed by atoms with Crippen LogP contribution in [-0.2, 0) is 4.74 Å². The van der Waals surface area contributed by atoms with Crippen LogP contribution < -0.4 is 5.32 Å². The summed E-state index contributed by atoms with van der Waals surface area (Å²) in [6.45, 7) is 14.1. The SMILES string of the molecule is COCCNCC1(CN2CC(C)C(C)C2)CCC(C)CC1. The maximum atomic E-state index is 5.17. The lowest BCUT2D eigenvalue weighted by molar-refractivity contribution is 0.0926. The molecule has 1 N–H and O–H groups in total. The van der Waals surface area contributed by atoms with E-state index in [1.54, 1.807) is 7.11 Å². The van der Waals surface area contributed by atoms with Crippen LogP contribution in [0.5, 0.6) is 0 Å². The molecule has 2 fully saturated rings. The van der Waals surface area contributed by atoms with Crippen molar-refractivity contribution >= 4 is 0 Å². The Morgan fingerprint density at radius 2 is 1.71 bits per heavy atom. The molecule has 0 aromatic rings. The van der Waals surface area contributed by atoms with E-state index in [0.717, 1.165) is 30.9 Å². The van der Waals surface area contributed by atoms with Crippen molar-refractivity contribution in [3.63, 3.8) is 0 Å². The van der Waals surface area contributed by atoms with Gasteiger partial charge in [-0.1, -0.05) is 33.6 Å². The molecule has 0 spiro atoms. The Morgan fingerprint density at radius 3 is 2.29 bits per heavy atom. The average Bonchev–Trinajstić information content (AvgIpc) is 2.77. The van der Waals surface area contributed by atoms with E-state index in [4.69, 9.17) is 4.74 Å². The van der Waals surface area contributed by atoms with Gasteiger partial charge in [-0.05, 0) is 36.0 Å². The molecule has 0 bridgehead atoms. The molecule has 3 heteroatoms. The molecule has 1 aliphatic heterocycles. The van der Waals surface area contributed by atoms with E-state index in [0.29, 0.717) is 5.41 Å². The van der Waals surface area contributed by atoms with E-state index < -0.39 is 0 Å². The molecule has 2 rings (SSSR count). The lowest BCUT2D eigenvalue weighted by Gasteiger charge is -2.42. The van der Waals surface area contributed by atoms with Gasteiger partial charge in [-0.3, -0.25) is 0 Å². The smallest absolute Gasteiger partial charge is 0.0587 e. The zero-order valence-corrected chi connectivity index (χ0v) is 14.7. The number of methoxy groups -OCH3 is 1. The van der Waals surface area contributed by atoms with Crippen molar-refractivity contribution in [1.29, 1.82) is 0 Å². The standard InChI is InChI=1S/C18H36N2O/c1-15-5-7-18(8-6-15,13-19-9-10-21-4)14-20-11-16(2)17(3)12-20/h15-17,19H,5-14H2,1-4H3. The van der Waals surface area contributed by atoms with E-state index in [-0.39, 0.29) is 0 Å². The maximum absolute atomic E-state index is 5.17. The van der Waals surface area contributed by atoms with Crippen LogP contribution in [0.15, 0.2) is 0 Å². The van der Waals surface area contributed by atoms with Gasteiger partial charge < -0.3 is 15.0 Å². The van der Waals surface area contributed by atoms with Gasteiger partial charge in [-0.2, -0.15) is 0 Å². The van der Waals surface area contributed by atoms with Crippen molar-refractivity contribution in [2.75, 3.05) is 46.4 Å². The van der Waals surface area contributed by atoms with Crippen molar-refractivity contribution < 1.29 is 4.74 Å². The third-order valence-corrected chi connectivity index (χ3v) is 5.94. The molecule has 1 saturated carbocycles. The van der Waals surface area contributed by atoms with Gasteiger partial charge in [0.15, 0.2) is 0 Å². The van der Waals surface area contributed by atoms with Crippen molar-refractivity contribution in [2.24, 2.45) is 23.2 Å². The molecule has 3 nitrogen and oxygen atoms in total. The monoisotopic (exact) mass is 296 g/mol. The number of hydrogen-bond donors (Lipinski definition) is 1. The van der Waals surface area contributed by atoms with Gasteiger partial charge in [-0.25, -0.2) is 0 Å². The largest absolute Gasteiger partial charge is 0.383 e. The Hall–Kier alpha value is -0.120. The topological polar surface area (TPSA) is 24.5 Å². The lowest BCUT2D eigenvalue weighted by Crippen LogP contribution is -2.46. The molecular weight excluding hydrogens is 260 g/mol. The van der Waals surface area contributed by atoms with Gasteiger partial charge in [0.25, 0.3) is 0 Å². The molecule has 0 aromatic carbocycles.